The zero-order valence-corrected chi connectivity index (χ0v) is 15.5. The molecule has 9 heteroatoms. The third-order valence-corrected chi connectivity index (χ3v) is 6.46. The Kier molecular flexibility index (Phi) is 3.76. The van der Waals surface area contributed by atoms with E-state index in [4.69, 9.17) is 0 Å². The maximum Gasteiger partial charge on any atom is 0.337 e. The summed E-state index contributed by atoms with van der Waals surface area (Å²) in [6.45, 7) is 1.68. The van der Waals surface area contributed by atoms with Crippen molar-refractivity contribution in [2.24, 2.45) is 0 Å². The second-order valence-corrected chi connectivity index (χ2v) is 8.39. The summed E-state index contributed by atoms with van der Waals surface area (Å²) in [5.74, 6) is -1.33. The Labute approximate surface area is 155 Å². The number of aromatic amines is 1. The molecule has 1 aliphatic heterocycles. The van der Waals surface area contributed by atoms with Crippen LogP contribution >= 0.6 is 0 Å². The minimum Gasteiger partial charge on any atom is -0.478 e. The Morgan fingerprint density at radius 1 is 1.26 bits per heavy atom. The van der Waals surface area contributed by atoms with Crippen LogP contribution in [0.1, 0.15) is 39.3 Å². The van der Waals surface area contributed by atoms with E-state index in [1.807, 2.05) is 0 Å². The summed E-state index contributed by atoms with van der Waals surface area (Å²) in [5, 5.41) is 12.2. The lowest BCUT2D eigenvalue weighted by Crippen LogP contribution is -2.18. The molecule has 8 nitrogen and oxygen atoms in total. The third kappa shape index (κ3) is 2.50. The van der Waals surface area contributed by atoms with Crippen molar-refractivity contribution in [1.82, 2.24) is 9.71 Å². The number of carbonyl (C=O) groups is 2. The summed E-state index contributed by atoms with van der Waals surface area (Å²) in [6.07, 6.45) is 1.02. The summed E-state index contributed by atoms with van der Waals surface area (Å²) in [6, 6.07) is 4.46. The maximum atomic E-state index is 12.6. The lowest BCUT2D eigenvalue weighted by Gasteiger charge is -2.07. The number of carbonyl (C=O) groups excluding carboxylic acids is 1. The first-order valence-electron chi connectivity index (χ1n) is 8.32. The summed E-state index contributed by atoms with van der Waals surface area (Å²) in [4.78, 5) is 27.3. The average molecular weight is 387 g/mol. The van der Waals surface area contributed by atoms with Gasteiger partial charge in [0.2, 0.25) is 10.0 Å². The number of sulfonamides is 1. The van der Waals surface area contributed by atoms with E-state index in [0.29, 0.717) is 52.2 Å². The molecule has 1 aromatic carbocycles. The first-order valence-corrected chi connectivity index (χ1v) is 9.80. The second kappa shape index (κ2) is 5.80. The van der Waals surface area contributed by atoms with Crippen LogP contribution in [0.25, 0.3) is 11.1 Å². The molecule has 1 aromatic heterocycles. The molecule has 0 fully saturated rings. The van der Waals surface area contributed by atoms with Gasteiger partial charge in [0.15, 0.2) is 0 Å². The molecule has 2 heterocycles. The van der Waals surface area contributed by atoms with E-state index >= 15 is 0 Å². The first kappa shape index (κ1) is 17.5. The number of aryl methyl sites for hydroxylation is 1. The predicted molar refractivity (Wildman–Crippen MR) is 98.9 cm³/mol. The van der Waals surface area contributed by atoms with E-state index < -0.39 is 16.0 Å². The van der Waals surface area contributed by atoms with Crippen LogP contribution in [0, 0.1) is 6.92 Å². The molecule has 2 aliphatic rings. The van der Waals surface area contributed by atoms with Crippen LogP contribution in [0.15, 0.2) is 23.1 Å². The lowest BCUT2D eigenvalue weighted by molar-refractivity contribution is -0.110. The minimum absolute atomic E-state index is 0.0606. The zero-order valence-electron chi connectivity index (χ0n) is 14.6. The molecule has 0 unspecified atom stereocenters. The van der Waals surface area contributed by atoms with Crippen LogP contribution in [-0.2, 0) is 21.2 Å². The summed E-state index contributed by atoms with van der Waals surface area (Å²) >= 11 is 0. The second-order valence-electron chi connectivity index (χ2n) is 6.51. The molecule has 4 rings (SSSR count). The molecular weight excluding hydrogens is 370 g/mol. The van der Waals surface area contributed by atoms with Crippen LogP contribution in [-0.4, -0.2) is 37.4 Å². The number of carboxylic acids is 1. The molecule has 0 saturated heterocycles. The number of nitrogens with one attached hydrogen (secondary N) is 3. The van der Waals surface area contributed by atoms with Gasteiger partial charge in [-0.2, -0.15) is 0 Å². The zero-order chi connectivity index (χ0) is 19.5. The van der Waals surface area contributed by atoms with Crippen molar-refractivity contribution < 1.29 is 23.1 Å². The molecule has 0 radical (unpaired) electrons. The van der Waals surface area contributed by atoms with Gasteiger partial charge in [0.05, 0.1) is 16.0 Å². The van der Waals surface area contributed by atoms with Crippen LogP contribution in [0.2, 0.25) is 0 Å². The van der Waals surface area contributed by atoms with E-state index in [1.165, 1.54) is 19.2 Å². The quantitative estimate of drug-likeness (QED) is 0.597. The molecule has 27 heavy (non-hydrogen) atoms. The highest BCUT2D eigenvalue weighted by molar-refractivity contribution is 7.89. The van der Waals surface area contributed by atoms with E-state index in [0.717, 1.165) is 0 Å². The van der Waals surface area contributed by atoms with Crippen LogP contribution < -0.4 is 10.0 Å². The van der Waals surface area contributed by atoms with Crippen molar-refractivity contribution in [3.63, 3.8) is 0 Å². The minimum atomic E-state index is -3.66. The number of carboxylic acid groups (broad SMARTS) is 1. The van der Waals surface area contributed by atoms with Gasteiger partial charge in [0.1, 0.15) is 0 Å². The topological polar surface area (TPSA) is 128 Å². The van der Waals surface area contributed by atoms with Crippen LogP contribution in [0.5, 0.6) is 0 Å². The van der Waals surface area contributed by atoms with Crippen molar-refractivity contribution >= 4 is 38.7 Å². The standard InChI is InChI=1S/C18H17N3O5S/c1-8-14(18(23)24)10-4-5-11(16(10)20-8)15-12-7-9(27(25,26)19-2)3-6-13(12)21-17(15)22/h3,6-7,19-20H,4-5H2,1-2H3,(H,21,22)(H,23,24)/b15-11-. The number of hydrogen-bond acceptors (Lipinski definition) is 4. The number of fused-ring (bicyclic) bond motifs is 2. The number of amides is 1. The van der Waals surface area contributed by atoms with Crippen molar-refractivity contribution in [1.29, 1.82) is 0 Å². The van der Waals surface area contributed by atoms with E-state index in [2.05, 4.69) is 15.0 Å². The molecule has 140 valence electrons. The Bertz CT molecular complexity index is 1160. The monoisotopic (exact) mass is 387 g/mol. The van der Waals surface area contributed by atoms with Crippen molar-refractivity contribution in [2.75, 3.05) is 12.4 Å². The van der Waals surface area contributed by atoms with Crippen molar-refractivity contribution in [2.45, 2.75) is 24.7 Å². The van der Waals surface area contributed by atoms with Crippen molar-refractivity contribution in [3.8, 4) is 0 Å². The smallest absolute Gasteiger partial charge is 0.337 e. The van der Waals surface area contributed by atoms with Gasteiger partial charge in [-0.25, -0.2) is 17.9 Å². The fourth-order valence-electron chi connectivity index (χ4n) is 3.83. The van der Waals surface area contributed by atoms with E-state index in [1.54, 1.807) is 13.0 Å². The molecule has 1 aliphatic carbocycles. The largest absolute Gasteiger partial charge is 0.478 e. The van der Waals surface area contributed by atoms with E-state index in [-0.39, 0.29) is 16.4 Å². The highest BCUT2D eigenvalue weighted by atomic mass is 32.2. The maximum absolute atomic E-state index is 12.6. The average Bonchev–Trinajstić information content (AvgIpc) is 3.24. The van der Waals surface area contributed by atoms with Gasteiger partial charge in [-0.15, -0.1) is 0 Å². The molecule has 0 saturated carbocycles. The van der Waals surface area contributed by atoms with Gasteiger partial charge >= 0.3 is 5.97 Å². The van der Waals surface area contributed by atoms with Crippen molar-refractivity contribution in [3.05, 3.63) is 46.3 Å². The molecule has 0 spiro atoms. The normalized spacial score (nSPS) is 18.4. The molecule has 2 aromatic rings. The fraction of sp³-hybridized carbons (Fsp3) is 0.222. The summed E-state index contributed by atoms with van der Waals surface area (Å²) < 4.78 is 26.5. The highest BCUT2D eigenvalue weighted by Gasteiger charge is 2.35. The third-order valence-electron chi connectivity index (χ3n) is 5.05. The van der Waals surface area contributed by atoms with Gasteiger partial charge < -0.3 is 15.4 Å². The fourth-order valence-corrected chi connectivity index (χ4v) is 4.59. The number of aromatic nitrogens is 1. The van der Waals surface area contributed by atoms with Gasteiger partial charge in [0, 0.05) is 22.6 Å². The number of anilines is 1. The predicted octanol–water partition coefficient (Wildman–Crippen LogP) is 1.74. The number of H-pyrrole nitrogens is 1. The molecule has 0 atom stereocenters. The lowest BCUT2D eigenvalue weighted by atomic mass is 9.99. The molecular formula is C18H17N3O5S. The van der Waals surface area contributed by atoms with Crippen LogP contribution in [0.3, 0.4) is 0 Å². The van der Waals surface area contributed by atoms with Gasteiger partial charge in [0.25, 0.3) is 5.91 Å². The summed E-state index contributed by atoms with van der Waals surface area (Å²) in [7, 11) is -2.33. The Balaban J connectivity index is 1.94. The van der Waals surface area contributed by atoms with Gasteiger partial charge in [-0.3, -0.25) is 4.79 Å². The molecule has 4 N–H and O–H groups in total. The Hall–Kier alpha value is -2.91. The molecule has 1 amide bonds. The Morgan fingerprint density at radius 3 is 2.67 bits per heavy atom. The number of rotatable bonds is 3. The van der Waals surface area contributed by atoms with Gasteiger partial charge in [-0.1, -0.05) is 0 Å². The summed E-state index contributed by atoms with van der Waals surface area (Å²) in [5.41, 5.74) is 4.23. The van der Waals surface area contributed by atoms with E-state index in [9.17, 15) is 23.1 Å². The SMILES string of the molecule is CNS(=O)(=O)c1ccc2c(c1)/C(=C1\CCc3c1[nH]c(C)c3C(=O)O)C(=O)N2. The number of benzene rings is 1. The first-order chi connectivity index (χ1) is 12.7. The highest BCUT2D eigenvalue weighted by Crippen LogP contribution is 2.44. The van der Waals surface area contributed by atoms with Gasteiger partial charge in [-0.05, 0) is 56.1 Å². The Morgan fingerprint density at radius 2 is 2.00 bits per heavy atom. The van der Waals surface area contributed by atoms with Crippen LogP contribution in [0.4, 0.5) is 5.69 Å². The number of aromatic carboxylic acids is 1. The molecule has 0 bridgehead atoms. The number of hydrogen-bond donors (Lipinski definition) is 4. The number of allylic oxidation sites excluding steroid dienone is 1.